The van der Waals surface area contributed by atoms with Crippen LogP contribution in [0.25, 0.3) is 0 Å². The predicted octanol–water partition coefficient (Wildman–Crippen LogP) is 2.71. The number of carbonyl (C=O) groups is 1. The van der Waals surface area contributed by atoms with E-state index in [-0.39, 0.29) is 12.0 Å². The Labute approximate surface area is 127 Å². The second kappa shape index (κ2) is 6.78. The summed E-state index contributed by atoms with van der Waals surface area (Å²) in [6.45, 7) is 1.22. The summed E-state index contributed by atoms with van der Waals surface area (Å²) >= 11 is 1.43. The largest absolute Gasteiger partial charge is 0.370 e. The van der Waals surface area contributed by atoms with Gasteiger partial charge in [-0.05, 0) is 30.7 Å². The van der Waals surface area contributed by atoms with Crippen LogP contribution in [0.15, 0.2) is 29.9 Å². The van der Waals surface area contributed by atoms with E-state index in [4.69, 9.17) is 4.74 Å². The lowest BCUT2D eigenvalue weighted by atomic mass is 10.1. The van der Waals surface area contributed by atoms with E-state index in [0.29, 0.717) is 11.4 Å². The molecule has 0 aliphatic carbocycles. The van der Waals surface area contributed by atoms with Gasteiger partial charge >= 0.3 is 0 Å². The zero-order chi connectivity index (χ0) is 14.5. The fourth-order valence-electron chi connectivity index (χ4n) is 2.24. The normalized spacial score (nSPS) is 18.4. The lowest BCUT2D eigenvalue weighted by molar-refractivity contribution is 0.00940. The van der Waals surface area contributed by atoms with E-state index < -0.39 is 0 Å². The summed E-state index contributed by atoms with van der Waals surface area (Å²) in [5.74, 6) is 0.674. The van der Waals surface area contributed by atoms with Gasteiger partial charge in [-0.1, -0.05) is 6.07 Å². The third-order valence-electron chi connectivity index (χ3n) is 3.39. The Hall–Kier alpha value is -1.79. The van der Waals surface area contributed by atoms with E-state index in [1.54, 1.807) is 18.5 Å². The fraction of sp³-hybridized carbons (Fsp3) is 0.400. The predicted molar refractivity (Wildman–Crippen MR) is 80.1 cm³/mol. The van der Waals surface area contributed by atoms with Crippen molar-refractivity contribution in [3.63, 3.8) is 0 Å². The first-order valence-electron chi connectivity index (χ1n) is 7.07. The molecule has 0 bridgehead atoms. The highest BCUT2D eigenvalue weighted by atomic mass is 32.1. The number of hydrogen-bond acceptors (Lipinski definition) is 5. The van der Waals surface area contributed by atoms with Crippen LogP contribution in [-0.4, -0.2) is 22.5 Å². The van der Waals surface area contributed by atoms with Crippen LogP contribution in [0, 0.1) is 0 Å². The van der Waals surface area contributed by atoms with Gasteiger partial charge < -0.3 is 10.1 Å². The van der Waals surface area contributed by atoms with Gasteiger partial charge in [0.05, 0.1) is 4.88 Å². The molecule has 0 radical (unpaired) electrons. The van der Waals surface area contributed by atoms with Crippen LogP contribution < -0.4 is 5.32 Å². The highest BCUT2D eigenvalue weighted by molar-refractivity contribution is 7.12. The lowest BCUT2D eigenvalue weighted by Gasteiger charge is -2.21. The molecule has 1 aliphatic rings. The molecule has 2 aromatic heterocycles. The number of rotatable bonds is 4. The summed E-state index contributed by atoms with van der Waals surface area (Å²) in [5.41, 5.74) is 0.888. The van der Waals surface area contributed by atoms with Gasteiger partial charge in [0.15, 0.2) is 5.82 Å². The number of thiophene rings is 1. The van der Waals surface area contributed by atoms with Crippen LogP contribution >= 0.6 is 11.3 Å². The molecular formula is C15H17N3O2S. The quantitative estimate of drug-likeness (QED) is 0.943. The van der Waals surface area contributed by atoms with E-state index in [9.17, 15) is 4.79 Å². The van der Waals surface area contributed by atoms with Crippen molar-refractivity contribution in [1.82, 2.24) is 15.3 Å². The Kier molecular flexibility index (Phi) is 4.57. The van der Waals surface area contributed by atoms with Crippen LogP contribution in [0.2, 0.25) is 0 Å². The highest BCUT2D eigenvalue weighted by Crippen LogP contribution is 2.24. The van der Waals surface area contributed by atoms with Crippen molar-refractivity contribution in [3.05, 3.63) is 46.2 Å². The van der Waals surface area contributed by atoms with Crippen molar-refractivity contribution >= 4 is 17.2 Å². The number of amides is 1. The second-order valence-electron chi connectivity index (χ2n) is 4.96. The second-order valence-corrected chi connectivity index (χ2v) is 5.91. The van der Waals surface area contributed by atoms with Gasteiger partial charge in [0.2, 0.25) is 0 Å². The Bertz CT molecular complexity index is 577. The molecule has 1 atom stereocenters. The molecule has 2 aromatic rings. The summed E-state index contributed by atoms with van der Waals surface area (Å²) in [6.07, 6.45) is 6.79. The molecule has 1 saturated heterocycles. The first-order chi connectivity index (χ1) is 10.3. The Morgan fingerprint density at radius 3 is 2.90 bits per heavy atom. The van der Waals surface area contributed by atoms with Gasteiger partial charge in [0.1, 0.15) is 6.10 Å². The van der Waals surface area contributed by atoms with Crippen LogP contribution in [0.1, 0.15) is 46.4 Å². The molecule has 21 heavy (non-hydrogen) atoms. The van der Waals surface area contributed by atoms with Crippen LogP contribution in [0.4, 0.5) is 0 Å². The van der Waals surface area contributed by atoms with Crippen LogP contribution in [0.3, 0.4) is 0 Å². The molecule has 1 amide bonds. The molecule has 3 rings (SSSR count). The number of ether oxygens (including phenoxy) is 1. The van der Waals surface area contributed by atoms with E-state index in [0.717, 1.165) is 37.3 Å². The monoisotopic (exact) mass is 303 g/mol. The molecule has 110 valence electrons. The van der Waals surface area contributed by atoms with Crippen molar-refractivity contribution in [1.29, 1.82) is 0 Å². The maximum Gasteiger partial charge on any atom is 0.261 e. The van der Waals surface area contributed by atoms with Crippen molar-refractivity contribution < 1.29 is 9.53 Å². The minimum Gasteiger partial charge on any atom is -0.370 e. The van der Waals surface area contributed by atoms with Crippen molar-refractivity contribution in [2.45, 2.75) is 31.9 Å². The van der Waals surface area contributed by atoms with E-state index in [2.05, 4.69) is 15.3 Å². The first kappa shape index (κ1) is 14.2. The zero-order valence-electron chi connectivity index (χ0n) is 11.6. The molecule has 1 N–H and O–H groups in total. The molecule has 0 saturated carbocycles. The average molecular weight is 303 g/mol. The summed E-state index contributed by atoms with van der Waals surface area (Å²) in [5, 5.41) is 4.75. The summed E-state index contributed by atoms with van der Waals surface area (Å²) in [4.78, 5) is 21.3. The SMILES string of the molecule is O=C(NCc1cnc([C@@H]2CCCCO2)nc1)c1cccs1. The molecule has 5 nitrogen and oxygen atoms in total. The minimum absolute atomic E-state index is 0.0218. The third-order valence-corrected chi connectivity index (χ3v) is 4.26. The smallest absolute Gasteiger partial charge is 0.261 e. The Morgan fingerprint density at radius 2 is 2.24 bits per heavy atom. The lowest BCUT2D eigenvalue weighted by Crippen LogP contribution is -2.22. The molecule has 0 unspecified atom stereocenters. The molecule has 1 aliphatic heterocycles. The third kappa shape index (κ3) is 3.65. The van der Waals surface area contributed by atoms with Gasteiger partial charge in [0, 0.05) is 31.1 Å². The van der Waals surface area contributed by atoms with Gasteiger partial charge in [0.25, 0.3) is 5.91 Å². The zero-order valence-corrected chi connectivity index (χ0v) is 12.4. The minimum atomic E-state index is -0.0651. The van der Waals surface area contributed by atoms with Gasteiger partial charge in [-0.3, -0.25) is 4.79 Å². The number of hydrogen-bond donors (Lipinski definition) is 1. The van der Waals surface area contributed by atoms with Gasteiger partial charge in [-0.15, -0.1) is 11.3 Å². The molecular weight excluding hydrogens is 286 g/mol. The number of carbonyl (C=O) groups excluding carboxylic acids is 1. The molecule has 6 heteroatoms. The van der Waals surface area contributed by atoms with Gasteiger partial charge in [-0.2, -0.15) is 0 Å². The Morgan fingerprint density at radius 1 is 1.38 bits per heavy atom. The molecule has 0 aromatic carbocycles. The van der Waals surface area contributed by atoms with Gasteiger partial charge in [-0.25, -0.2) is 9.97 Å². The van der Waals surface area contributed by atoms with E-state index in [1.807, 2.05) is 11.4 Å². The van der Waals surface area contributed by atoms with Crippen molar-refractivity contribution in [2.24, 2.45) is 0 Å². The molecule has 1 fully saturated rings. The summed E-state index contributed by atoms with van der Waals surface area (Å²) < 4.78 is 5.66. The average Bonchev–Trinajstić information content (AvgIpc) is 3.08. The van der Waals surface area contributed by atoms with Crippen molar-refractivity contribution in [2.75, 3.05) is 6.61 Å². The topological polar surface area (TPSA) is 64.1 Å². The van der Waals surface area contributed by atoms with Crippen molar-refractivity contribution in [3.8, 4) is 0 Å². The highest BCUT2D eigenvalue weighted by Gasteiger charge is 2.18. The molecule has 3 heterocycles. The number of nitrogens with one attached hydrogen (secondary N) is 1. The Balaban J connectivity index is 1.55. The number of aromatic nitrogens is 2. The van der Waals surface area contributed by atoms with E-state index >= 15 is 0 Å². The maximum atomic E-state index is 11.8. The van der Waals surface area contributed by atoms with Crippen LogP contribution in [0.5, 0.6) is 0 Å². The fourth-order valence-corrected chi connectivity index (χ4v) is 2.88. The van der Waals surface area contributed by atoms with E-state index in [1.165, 1.54) is 11.3 Å². The maximum absolute atomic E-state index is 11.8. The standard InChI is InChI=1S/C15H17N3O2S/c19-15(13-5-3-7-21-13)18-10-11-8-16-14(17-9-11)12-4-1-2-6-20-12/h3,5,7-9,12H,1-2,4,6,10H2,(H,18,19)/t12-/m0/s1. The van der Waals surface area contributed by atoms with Crippen LogP contribution in [-0.2, 0) is 11.3 Å². The summed E-state index contributed by atoms with van der Waals surface area (Å²) in [7, 11) is 0. The summed E-state index contributed by atoms with van der Waals surface area (Å²) in [6, 6.07) is 3.67. The molecule has 0 spiro atoms. The first-order valence-corrected chi connectivity index (χ1v) is 7.95. The number of nitrogens with zero attached hydrogens (tertiary/aromatic N) is 2.